The number of rotatable bonds is 2. The topological polar surface area (TPSA) is 58.6 Å². The van der Waals surface area contributed by atoms with Crippen LogP contribution in [0.4, 0.5) is 0 Å². The van der Waals surface area contributed by atoms with Crippen LogP contribution in [0.25, 0.3) is 0 Å². The second-order valence-electron chi connectivity index (χ2n) is 3.36. The number of hydrogen-bond donors (Lipinski definition) is 1. The van der Waals surface area contributed by atoms with Crippen molar-refractivity contribution in [2.75, 3.05) is 26.3 Å². The first-order valence-corrected chi connectivity index (χ1v) is 4.75. The molecule has 0 spiro atoms. The van der Waals surface area contributed by atoms with Crippen LogP contribution in [0, 0.1) is 0 Å². The molecule has 1 atom stereocenters. The van der Waals surface area contributed by atoms with Crippen LogP contribution in [-0.2, 0) is 14.3 Å². The predicted octanol–water partition coefficient (Wildman–Crippen LogP) is -0.630. The van der Waals surface area contributed by atoms with Crippen LogP contribution in [0.2, 0.25) is 0 Å². The lowest BCUT2D eigenvalue weighted by Crippen LogP contribution is -2.50. The van der Waals surface area contributed by atoms with Crippen molar-refractivity contribution in [3.05, 3.63) is 0 Å². The van der Waals surface area contributed by atoms with Crippen molar-refractivity contribution in [3.63, 3.8) is 0 Å². The molecular weight excluding hydrogens is 184 g/mol. The minimum atomic E-state index is -0.439. The zero-order chi connectivity index (χ0) is 10.6. The summed E-state index contributed by atoms with van der Waals surface area (Å²) in [6.45, 7) is 5.49. The van der Waals surface area contributed by atoms with E-state index < -0.39 is 6.04 Å². The van der Waals surface area contributed by atoms with Gasteiger partial charge < -0.3 is 15.0 Å². The Morgan fingerprint density at radius 2 is 1.93 bits per heavy atom. The Morgan fingerprint density at radius 3 is 2.43 bits per heavy atom. The Bertz CT molecular complexity index is 224. The van der Waals surface area contributed by atoms with E-state index in [2.05, 4.69) is 5.32 Å². The molecule has 1 saturated heterocycles. The largest absolute Gasteiger partial charge is 0.378 e. The molecule has 0 aromatic heterocycles. The number of ether oxygens (including phenoxy) is 1. The number of carbonyl (C=O) groups excluding carboxylic acids is 2. The summed E-state index contributed by atoms with van der Waals surface area (Å²) in [5, 5.41) is 2.57. The Kier molecular flexibility index (Phi) is 3.88. The molecule has 0 bridgehead atoms. The lowest BCUT2D eigenvalue weighted by atomic mass is 10.2. The lowest BCUT2D eigenvalue weighted by molar-refractivity contribution is -0.139. The minimum Gasteiger partial charge on any atom is -0.378 e. The average molecular weight is 200 g/mol. The van der Waals surface area contributed by atoms with Crippen LogP contribution in [0.15, 0.2) is 0 Å². The van der Waals surface area contributed by atoms with Gasteiger partial charge in [-0.2, -0.15) is 0 Å². The van der Waals surface area contributed by atoms with E-state index in [1.807, 2.05) is 0 Å². The van der Waals surface area contributed by atoms with Crippen molar-refractivity contribution in [1.29, 1.82) is 0 Å². The van der Waals surface area contributed by atoms with Gasteiger partial charge in [0.2, 0.25) is 11.8 Å². The van der Waals surface area contributed by atoms with Crippen LogP contribution in [0.5, 0.6) is 0 Å². The van der Waals surface area contributed by atoms with E-state index in [9.17, 15) is 9.59 Å². The number of amides is 2. The van der Waals surface area contributed by atoms with Crippen LogP contribution < -0.4 is 5.32 Å². The van der Waals surface area contributed by atoms with Gasteiger partial charge in [0, 0.05) is 20.0 Å². The summed E-state index contributed by atoms with van der Waals surface area (Å²) in [7, 11) is 0. The smallest absolute Gasteiger partial charge is 0.245 e. The molecule has 1 aliphatic rings. The van der Waals surface area contributed by atoms with Crippen LogP contribution in [0.3, 0.4) is 0 Å². The Morgan fingerprint density at radius 1 is 1.36 bits per heavy atom. The maximum atomic E-state index is 11.7. The van der Waals surface area contributed by atoms with Gasteiger partial charge >= 0.3 is 0 Å². The van der Waals surface area contributed by atoms with Gasteiger partial charge in [-0.3, -0.25) is 9.59 Å². The molecule has 1 aliphatic heterocycles. The summed E-state index contributed by atoms with van der Waals surface area (Å²) in [5.74, 6) is -0.220. The first-order valence-electron chi connectivity index (χ1n) is 4.75. The molecule has 0 aliphatic carbocycles. The monoisotopic (exact) mass is 200 g/mol. The summed E-state index contributed by atoms with van der Waals surface area (Å²) in [5.41, 5.74) is 0. The van der Waals surface area contributed by atoms with Crippen molar-refractivity contribution in [2.45, 2.75) is 19.9 Å². The normalized spacial score (nSPS) is 18.9. The molecule has 1 heterocycles. The quantitative estimate of drug-likeness (QED) is 0.645. The highest BCUT2D eigenvalue weighted by molar-refractivity contribution is 5.86. The van der Waals surface area contributed by atoms with Crippen LogP contribution >= 0.6 is 0 Å². The summed E-state index contributed by atoms with van der Waals surface area (Å²) >= 11 is 0. The average Bonchev–Trinajstić information content (AvgIpc) is 2.17. The van der Waals surface area contributed by atoms with Gasteiger partial charge in [-0.1, -0.05) is 0 Å². The first-order chi connectivity index (χ1) is 6.61. The van der Waals surface area contributed by atoms with Crippen molar-refractivity contribution >= 4 is 11.8 Å². The summed E-state index contributed by atoms with van der Waals surface area (Å²) in [4.78, 5) is 24.1. The maximum absolute atomic E-state index is 11.7. The molecule has 0 saturated carbocycles. The van der Waals surface area contributed by atoms with E-state index in [1.165, 1.54) is 6.92 Å². The lowest BCUT2D eigenvalue weighted by Gasteiger charge is -2.29. The number of nitrogens with one attached hydrogen (secondary N) is 1. The zero-order valence-electron chi connectivity index (χ0n) is 8.58. The Labute approximate surface area is 83.4 Å². The molecule has 1 rings (SSSR count). The zero-order valence-corrected chi connectivity index (χ0v) is 8.58. The third-order valence-corrected chi connectivity index (χ3v) is 2.11. The van der Waals surface area contributed by atoms with Gasteiger partial charge in [0.1, 0.15) is 6.04 Å². The molecule has 5 heteroatoms. The number of morpholine rings is 1. The minimum absolute atomic E-state index is 0.0384. The third-order valence-electron chi connectivity index (χ3n) is 2.11. The molecule has 2 amide bonds. The van der Waals surface area contributed by atoms with Crippen LogP contribution in [-0.4, -0.2) is 49.1 Å². The maximum Gasteiger partial charge on any atom is 0.245 e. The number of carbonyl (C=O) groups is 2. The molecule has 14 heavy (non-hydrogen) atoms. The Hall–Kier alpha value is -1.10. The van der Waals surface area contributed by atoms with Gasteiger partial charge in [0.25, 0.3) is 0 Å². The van der Waals surface area contributed by atoms with E-state index in [0.717, 1.165) is 0 Å². The summed E-state index contributed by atoms with van der Waals surface area (Å²) in [6, 6.07) is -0.439. The summed E-state index contributed by atoms with van der Waals surface area (Å²) in [6.07, 6.45) is 0. The van der Waals surface area contributed by atoms with Crippen LogP contribution in [0.1, 0.15) is 13.8 Å². The van der Waals surface area contributed by atoms with Gasteiger partial charge in [-0.05, 0) is 6.92 Å². The van der Waals surface area contributed by atoms with Gasteiger partial charge in [-0.15, -0.1) is 0 Å². The predicted molar refractivity (Wildman–Crippen MR) is 50.7 cm³/mol. The molecule has 1 N–H and O–H groups in total. The second-order valence-corrected chi connectivity index (χ2v) is 3.36. The van der Waals surface area contributed by atoms with E-state index in [1.54, 1.807) is 11.8 Å². The third kappa shape index (κ3) is 2.99. The standard InChI is InChI=1S/C9H16N2O3/c1-7(10-8(2)12)9(13)11-3-5-14-6-4-11/h7H,3-6H2,1-2H3,(H,10,12)/t7-/m0/s1. The Balaban J connectivity index is 2.42. The van der Waals surface area contributed by atoms with Gasteiger partial charge in [0.05, 0.1) is 13.2 Å². The molecule has 0 aromatic carbocycles. The molecule has 0 unspecified atom stereocenters. The highest BCUT2D eigenvalue weighted by Crippen LogP contribution is 2.00. The summed E-state index contributed by atoms with van der Waals surface area (Å²) < 4.78 is 5.13. The fraction of sp³-hybridized carbons (Fsp3) is 0.778. The SMILES string of the molecule is CC(=O)N[C@@H](C)C(=O)N1CCOCC1. The van der Waals surface area contributed by atoms with Crippen molar-refractivity contribution < 1.29 is 14.3 Å². The second kappa shape index (κ2) is 4.95. The molecule has 80 valence electrons. The van der Waals surface area contributed by atoms with E-state index in [0.29, 0.717) is 26.3 Å². The van der Waals surface area contributed by atoms with Gasteiger partial charge in [-0.25, -0.2) is 0 Å². The van der Waals surface area contributed by atoms with Gasteiger partial charge in [0.15, 0.2) is 0 Å². The molecule has 0 aromatic rings. The van der Waals surface area contributed by atoms with Crippen molar-refractivity contribution in [2.24, 2.45) is 0 Å². The molecule has 1 fully saturated rings. The van der Waals surface area contributed by atoms with E-state index in [4.69, 9.17) is 4.74 Å². The fourth-order valence-electron chi connectivity index (χ4n) is 1.42. The van der Waals surface area contributed by atoms with Crippen molar-refractivity contribution in [1.82, 2.24) is 10.2 Å². The molecule has 0 radical (unpaired) electrons. The highest BCUT2D eigenvalue weighted by atomic mass is 16.5. The fourth-order valence-corrected chi connectivity index (χ4v) is 1.42. The molecular formula is C9H16N2O3. The van der Waals surface area contributed by atoms with Crippen molar-refractivity contribution in [3.8, 4) is 0 Å². The van der Waals surface area contributed by atoms with E-state index >= 15 is 0 Å². The number of hydrogen-bond acceptors (Lipinski definition) is 3. The van der Waals surface area contributed by atoms with E-state index in [-0.39, 0.29) is 11.8 Å². The molecule has 5 nitrogen and oxygen atoms in total. The number of nitrogens with zero attached hydrogens (tertiary/aromatic N) is 1. The first kappa shape index (κ1) is 11.0. The highest BCUT2D eigenvalue weighted by Gasteiger charge is 2.22.